The number of aromatic nitrogens is 3. The monoisotopic (exact) mass is 205 g/mol. The highest BCUT2D eigenvalue weighted by molar-refractivity contribution is 5.44. The Morgan fingerprint density at radius 1 is 1.40 bits per heavy atom. The van der Waals surface area contributed by atoms with Gasteiger partial charge in [-0.2, -0.15) is 0 Å². The first-order chi connectivity index (χ1) is 7.02. The van der Waals surface area contributed by atoms with Gasteiger partial charge in [-0.25, -0.2) is 4.98 Å². The number of hydrogen-bond donors (Lipinski definition) is 0. The largest absolute Gasteiger partial charge is 0.313 e. The summed E-state index contributed by atoms with van der Waals surface area (Å²) in [6.45, 7) is 6.06. The summed E-state index contributed by atoms with van der Waals surface area (Å²) in [5.74, 6) is 1.25. The lowest BCUT2D eigenvalue weighted by molar-refractivity contribution is 0.746. The molecule has 4 nitrogen and oxygen atoms in total. The van der Waals surface area contributed by atoms with Crippen LogP contribution in [0.3, 0.4) is 0 Å². The van der Waals surface area contributed by atoms with Gasteiger partial charge in [-0.05, 0) is 6.92 Å². The van der Waals surface area contributed by atoms with Crippen molar-refractivity contribution in [2.45, 2.75) is 26.7 Å². The summed E-state index contributed by atoms with van der Waals surface area (Å²) >= 11 is 0. The van der Waals surface area contributed by atoms with Crippen molar-refractivity contribution in [2.24, 2.45) is 7.05 Å². The van der Waals surface area contributed by atoms with Crippen molar-refractivity contribution < 1.29 is 0 Å². The molecule has 2 rings (SSSR count). The van der Waals surface area contributed by atoms with Crippen molar-refractivity contribution in [3.8, 4) is 0 Å². The second-order valence-corrected chi connectivity index (χ2v) is 4.16. The zero-order valence-electron chi connectivity index (χ0n) is 9.48. The fourth-order valence-electron chi connectivity index (χ4n) is 1.70. The summed E-state index contributed by atoms with van der Waals surface area (Å²) < 4.78 is 3.53. The SMILES string of the molecule is Cc1cn2c(C(C)C)ncc2c(=O)n1C. The molecule has 2 aromatic rings. The van der Waals surface area contributed by atoms with Gasteiger partial charge in [0.15, 0.2) is 0 Å². The Hall–Kier alpha value is -1.58. The molecule has 4 heteroatoms. The van der Waals surface area contributed by atoms with E-state index in [0.29, 0.717) is 11.4 Å². The van der Waals surface area contributed by atoms with E-state index in [9.17, 15) is 4.79 Å². The van der Waals surface area contributed by atoms with Gasteiger partial charge in [0.05, 0.1) is 6.20 Å². The molecule has 0 aliphatic heterocycles. The summed E-state index contributed by atoms with van der Waals surface area (Å²) in [5.41, 5.74) is 1.59. The first-order valence-electron chi connectivity index (χ1n) is 5.06. The zero-order valence-corrected chi connectivity index (χ0v) is 9.48. The fraction of sp³-hybridized carbons (Fsp3) is 0.455. The van der Waals surface area contributed by atoms with Crippen molar-refractivity contribution >= 4 is 5.52 Å². The quantitative estimate of drug-likeness (QED) is 0.707. The van der Waals surface area contributed by atoms with Crippen LogP contribution in [0.1, 0.15) is 31.3 Å². The van der Waals surface area contributed by atoms with Gasteiger partial charge in [-0.1, -0.05) is 13.8 Å². The molecule has 0 bridgehead atoms. The van der Waals surface area contributed by atoms with E-state index in [-0.39, 0.29) is 5.56 Å². The molecule has 2 aromatic heterocycles. The highest BCUT2D eigenvalue weighted by atomic mass is 16.1. The predicted octanol–water partition coefficient (Wildman–Crippen LogP) is 1.46. The summed E-state index contributed by atoms with van der Waals surface area (Å²) in [6, 6.07) is 0. The highest BCUT2D eigenvalue weighted by Crippen LogP contribution is 2.13. The number of fused-ring (bicyclic) bond motifs is 1. The van der Waals surface area contributed by atoms with Crippen LogP contribution in [0.2, 0.25) is 0 Å². The third-order valence-electron chi connectivity index (χ3n) is 2.71. The number of hydrogen-bond acceptors (Lipinski definition) is 2. The highest BCUT2D eigenvalue weighted by Gasteiger charge is 2.11. The minimum absolute atomic E-state index is 0.00870. The van der Waals surface area contributed by atoms with Gasteiger partial charge in [-0.3, -0.25) is 9.20 Å². The van der Waals surface area contributed by atoms with Crippen molar-refractivity contribution in [3.63, 3.8) is 0 Å². The molecule has 15 heavy (non-hydrogen) atoms. The Kier molecular flexibility index (Phi) is 2.14. The fourth-order valence-corrected chi connectivity index (χ4v) is 1.70. The van der Waals surface area contributed by atoms with Crippen molar-refractivity contribution in [3.05, 3.63) is 34.3 Å². The molecule has 0 saturated carbocycles. The van der Waals surface area contributed by atoms with Gasteiger partial charge in [0.1, 0.15) is 11.3 Å². The van der Waals surface area contributed by atoms with Crippen molar-refractivity contribution in [2.75, 3.05) is 0 Å². The van der Waals surface area contributed by atoms with Crippen LogP contribution in [0.15, 0.2) is 17.2 Å². The van der Waals surface area contributed by atoms with Gasteiger partial charge in [0.2, 0.25) is 0 Å². The molecule has 0 aromatic carbocycles. The average molecular weight is 205 g/mol. The van der Waals surface area contributed by atoms with Gasteiger partial charge in [0, 0.05) is 24.9 Å². The summed E-state index contributed by atoms with van der Waals surface area (Å²) in [5, 5.41) is 0. The minimum atomic E-state index is 0.00870. The van der Waals surface area contributed by atoms with Crippen molar-refractivity contribution in [1.29, 1.82) is 0 Å². The maximum atomic E-state index is 11.9. The van der Waals surface area contributed by atoms with Crippen LogP contribution < -0.4 is 5.56 Å². The summed E-state index contributed by atoms with van der Waals surface area (Å²) in [6.07, 6.45) is 3.61. The Morgan fingerprint density at radius 2 is 2.07 bits per heavy atom. The first-order valence-corrected chi connectivity index (χ1v) is 5.06. The molecule has 0 aliphatic rings. The van der Waals surface area contributed by atoms with E-state index in [1.807, 2.05) is 17.5 Å². The van der Waals surface area contributed by atoms with Crippen LogP contribution in [-0.2, 0) is 7.05 Å². The molecule has 80 valence electrons. The third kappa shape index (κ3) is 1.37. The Bertz CT molecular complexity index is 563. The molecular formula is C11H15N3O. The second-order valence-electron chi connectivity index (χ2n) is 4.16. The number of rotatable bonds is 1. The molecular weight excluding hydrogens is 190 g/mol. The summed E-state index contributed by atoms with van der Waals surface area (Å²) in [7, 11) is 1.78. The first kappa shape index (κ1) is 9.96. The lowest BCUT2D eigenvalue weighted by Gasteiger charge is -2.07. The number of imidazole rings is 1. The van der Waals surface area contributed by atoms with Crippen LogP contribution in [-0.4, -0.2) is 14.0 Å². The van der Waals surface area contributed by atoms with Crippen LogP contribution in [0.4, 0.5) is 0 Å². The average Bonchev–Trinajstić information content (AvgIpc) is 2.58. The van der Waals surface area contributed by atoms with Crippen LogP contribution in [0.25, 0.3) is 5.52 Å². The maximum absolute atomic E-state index is 11.9. The number of aryl methyl sites for hydroxylation is 1. The van der Waals surface area contributed by atoms with Gasteiger partial charge in [-0.15, -0.1) is 0 Å². The van der Waals surface area contributed by atoms with E-state index >= 15 is 0 Å². The molecule has 0 spiro atoms. The smallest absolute Gasteiger partial charge is 0.276 e. The zero-order chi connectivity index (χ0) is 11.2. The number of nitrogens with zero attached hydrogens (tertiary/aromatic N) is 3. The minimum Gasteiger partial charge on any atom is -0.313 e. The topological polar surface area (TPSA) is 39.3 Å². The Balaban J connectivity index is 2.90. The molecule has 0 amide bonds. The van der Waals surface area contributed by atoms with E-state index in [2.05, 4.69) is 18.8 Å². The van der Waals surface area contributed by atoms with E-state index in [1.54, 1.807) is 17.8 Å². The third-order valence-corrected chi connectivity index (χ3v) is 2.71. The Labute approximate surface area is 88.2 Å². The molecule has 0 unspecified atom stereocenters. The maximum Gasteiger partial charge on any atom is 0.276 e. The van der Waals surface area contributed by atoms with E-state index in [4.69, 9.17) is 0 Å². The van der Waals surface area contributed by atoms with Gasteiger partial charge >= 0.3 is 0 Å². The molecule has 0 atom stereocenters. The van der Waals surface area contributed by atoms with Crippen LogP contribution in [0, 0.1) is 6.92 Å². The molecule has 2 heterocycles. The normalized spacial score (nSPS) is 11.5. The second kappa shape index (κ2) is 3.22. The Morgan fingerprint density at radius 3 is 2.67 bits per heavy atom. The van der Waals surface area contributed by atoms with Crippen LogP contribution >= 0.6 is 0 Å². The molecule has 0 fully saturated rings. The molecule has 0 aliphatic carbocycles. The van der Waals surface area contributed by atoms with Crippen molar-refractivity contribution in [1.82, 2.24) is 14.0 Å². The van der Waals surface area contributed by atoms with Crippen LogP contribution in [0.5, 0.6) is 0 Å². The van der Waals surface area contributed by atoms with E-state index in [1.165, 1.54) is 0 Å². The lowest BCUT2D eigenvalue weighted by Crippen LogP contribution is -2.21. The lowest BCUT2D eigenvalue weighted by atomic mass is 10.2. The van der Waals surface area contributed by atoms with E-state index < -0.39 is 0 Å². The van der Waals surface area contributed by atoms with Gasteiger partial charge in [0.25, 0.3) is 5.56 Å². The standard InChI is InChI=1S/C11H15N3O/c1-7(2)10-12-5-9-11(15)13(4)8(3)6-14(9)10/h5-7H,1-4H3. The van der Waals surface area contributed by atoms with E-state index in [0.717, 1.165) is 11.5 Å². The van der Waals surface area contributed by atoms with Gasteiger partial charge < -0.3 is 4.57 Å². The molecule has 0 radical (unpaired) electrons. The molecule has 0 N–H and O–H groups in total. The summed E-state index contributed by atoms with van der Waals surface area (Å²) in [4.78, 5) is 16.2. The molecule has 0 saturated heterocycles. The predicted molar refractivity (Wildman–Crippen MR) is 59.3 cm³/mol.